The Labute approximate surface area is 167 Å². The van der Waals surface area contributed by atoms with Gasteiger partial charge in [0.15, 0.2) is 5.65 Å². The zero-order chi connectivity index (χ0) is 19.8. The Morgan fingerprint density at radius 2 is 1.59 bits per heavy atom. The van der Waals surface area contributed by atoms with Crippen molar-refractivity contribution in [3.8, 4) is 22.8 Å². The number of anilines is 1. The molecule has 2 N–H and O–H groups in total. The Balaban J connectivity index is 1.51. The standard InChI is InChI=1S/C22H20FN5O/c23-15-7-11-18(12-8-15)29-17-9-5-14(6-10-17)20-19-21(24)25-13-26-22(19)28(27-20)16-3-1-2-4-16/h5-13,16H,1-4H2,(H2,24,25,26). The van der Waals surface area contributed by atoms with Crippen molar-refractivity contribution in [2.75, 3.05) is 5.73 Å². The SMILES string of the molecule is Nc1ncnc2c1c(-c1ccc(Oc3ccc(F)cc3)cc1)nn2C1CCCC1. The number of benzene rings is 2. The third kappa shape index (κ3) is 3.29. The van der Waals surface area contributed by atoms with Gasteiger partial charge in [-0.2, -0.15) is 5.10 Å². The normalized spacial score (nSPS) is 14.5. The van der Waals surface area contributed by atoms with Gasteiger partial charge in [0.2, 0.25) is 0 Å². The summed E-state index contributed by atoms with van der Waals surface area (Å²) in [7, 11) is 0. The van der Waals surface area contributed by atoms with Crippen LogP contribution in [0.2, 0.25) is 0 Å². The summed E-state index contributed by atoms with van der Waals surface area (Å²) in [6.45, 7) is 0. The zero-order valence-electron chi connectivity index (χ0n) is 15.8. The maximum absolute atomic E-state index is 13.1. The fraction of sp³-hybridized carbons (Fsp3) is 0.227. The summed E-state index contributed by atoms with van der Waals surface area (Å²) in [5.74, 6) is 1.37. The van der Waals surface area contributed by atoms with Crippen molar-refractivity contribution >= 4 is 16.9 Å². The zero-order valence-corrected chi connectivity index (χ0v) is 15.8. The van der Waals surface area contributed by atoms with Gasteiger partial charge in [-0.1, -0.05) is 12.8 Å². The summed E-state index contributed by atoms with van der Waals surface area (Å²) < 4.78 is 20.8. The van der Waals surface area contributed by atoms with Gasteiger partial charge in [-0.25, -0.2) is 19.0 Å². The molecular weight excluding hydrogens is 369 g/mol. The number of ether oxygens (including phenoxy) is 1. The van der Waals surface area contributed by atoms with Crippen molar-refractivity contribution in [2.45, 2.75) is 31.7 Å². The molecule has 1 saturated carbocycles. The van der Waals surface area contributed by atoms with Crippen LogP contribution in [0, 0.1) is 5.82 Å². The highest BCUT2D eigenvalue weighted by Gasteiger charge is 2.24. The molecule has 0 bridgehead atoms. The highest BCUT2D eigenvalue weighted by molar-refractivity contribution is 5.98. The van der Waals surface area contributed by atoms with E-state index in [4.69, 9.17) is 15.6 Å². The lowest BCUT2D eigenvalue weighted by atomic mass is 10.1. The van der Waals surface area contributed by atoms with Gasteiger partial charge in [0.25, 0.3) is 0 Å². The van der Waals surface area contributed by atoms with Crippen LogP contribution in [0.15, 0.2) is 54.9 Å². The first-order valence-corrected chi connectivity index (χ1v) is 9.71. The van der Waals surface area contributed by atoms with E-state index < -0.39 is 0 Å². The topological polar surface area (TPSA) is 78.8 Å². The molecule has 0 radical (unpaired) electrons. The first-order chi connectivity index (χ1) is 14.2. The van der Waals surface area contributed by atoms with Crippen molar-refractivity contribution in [1.82, 2.24) is 19.7 Å². The highest BCUT2D eigenvalue weighted by Crippen LogP contribution is 2.37. The Hall–Kier alpha value is -3.48. The Bertz CT molecular complexity index is 1150. The molecule has 6 nitrogen and oxygen atoms in total. The molecule has 7 heteroatoms. The molecule has 1 aliphatic carbocycles. The van der Waals surface area contributed by atoms with E-state index in [1.165, 1.54) is 31.3 Å². The van der Waals surface area contributed by atoms with Crippen molar-refractivity contribution in [3.05, 3.63) is 60.7 Å². The van der Waals surface area contributed by atoms with E-state index in [1.807, 2.05) is 28.9 Å². The van der Waals surface area contributed by atoms with Crippen LogP contribution in [0.1, 0.15) is 31.7 Å². The van der Waals surface area contributed by atoms with E-state index >= 15 is 0 Å². The van der Waals surface area contributed by atoms with Crippen molar-refractivity contribution < 1.29 is 9.13 Å². The Kier molecular flexibility index (Phi) is 4.35. The second kappa shape index (κ2) is 7.16. The molecule has 0 saturated heterocycles. The summed E-state index contributed by atoms with van der Waals surface area (Å²) in [5, 5.41) is 5.66. The summed E-state index contributed by atoms with van der Waals surface area (Å²) in [6, 6.07) is 13.9. The second-order valence-corrected chi connectivity index (χ2v) is 7.27. The van der Waals surface area contributed by atoms with Crippen LogP contribution in [0.5, 0.6) is 11.5 Å². The average Bonchev–Trinajstić information content (AvgIpc) is 3.39. The molecule has 0 spiro atoms. The number of nitrogen functional groups attached to an aromatic ring is 1. The number of halogens is 1. The molecule has 0 amide bonds. The average molecular weight is 389 g/mol. The van der Waals surface area contributed by atoms with Gasteiger partial charge in [0, 0.05) is 5.56 Å². The van der Waals surface area contributed by atoms with Crippen LogP contribution >= 0.6 is 0 Å². The van der Waals surface area contributed by atoms with E-state index in [9.17, 15) is 4.39 Å². The van der Waals surface area contributed by atoms with Crippen LogP contribution in [0.4, 0.5) is 10.2 Å². The molecule has 146 valence electrons. The lowest BCUT2D eigenvalue weighted by Crippen LogP contribution is -2.07. The second-order valence-electron chi connectivity index (χ2n) is 7.27. The van der Waals surface area contributed by atoms with Crippen molar-refractivity contribution in [3.63, 3.8) is 0 Å². The maximum atomic E-state index is 13.1. The van der Waals surface area contributed by atoms with Crippen LogP contribution in [0.3, 0.4) is 0 Å². The number of aromatic nitrogens is 4. The minimum Gasteiger partial charge on any atom is -0.457 e. The summed E-state index contributed by atoms with van der Waals surface area (Å²) in [5.41, 5.74) is 8.67. The third-order valence-electron chi connectivity index (χ3n) is 5.37. The van der Waals surface area contributed by atoms with Gasteiger partial charge in [0.1, 0.15) is 35.2 Å². The quantitative estimate of drug-likeness (QED) is 0.524. The van der Waals surface area contributed by atoms with Gasteiger partial charge < -0.3 is 10.5 Å². The van der Waals surface area contributed by atoms with Crippen molar-refractivity contribution in [2.24, 2.45) is 0 Å². The monoisotopic (exact) mass is 389 g/mol. The van der Waals surface area contributed by atoms with E-state index in [0.717, 1.165) is 35.1 Å². The van der Waals surface area contributed by atoms with Crippen LogP contribution < -0.4 is 10.5 Å². The minimum atomic E-state index is -0.294. The van der Waals surface area contributed by atoms with E-state index in [2.05, 4.69) is 9.97 Å². The number of hydrogen-bond acceptors (Lipinski definition) is 5. The third-order valence-corrected chi connectivity index (χ3v) is 5.37. The molecular formula is C22H20FN5O. The fourth-order valence-electron chi connectivity index (χ4n) is 3.92. The van der Waals surface area contributed by atoms with Crippen LogP contribution in [0.25, 0.3) is 22.3 Å². The number of rotatable bonds is 4. The molecule has 1 fully saturated rings. The van der Waals surface area contributed by atoms with Crippen molar-refractivity contribution in [1.29, 1.82) is 0 Å². The summed E-state index contributed by atoms with van der Waals surface area (Å²) in [4.78, 5) is 8.64. The maximum Gasteiger partial charge on any atom is 0.164 e. The smallest absolute Gasteiger partial charge is 0.164 e. The van der Waals surface area contributed by atoms with Gasteiger partial charge >= 0.3 is 0 Å². The fourth-order valence-corrected chi connectivity index (χ4v) is 3.92. The Morgan fingerprint density at radius 3 is 2.28 bits per heavy atom. The molecule has 2 aromatic carbocycles. The molecule has 2 aromatic heterocycles. The number of nitrogens with zero attached hydrogens (tertiary/aromatic N) is 4. The van der Waals surface area contributed by atoms with Crippen LogP contribution in [-0.4, -0.2) is 19.7 Å². The lowest BCUT2D eigenvalue weighted by Gasteiger charge is -2.10. The molecule has 29 heavy (non-hydrogen) atoms. The predicted molar refractivity (Wildman–Crippen MR) is 109 cm³/mol. The molecule has 1 aliphatic rings. The van der Waals surface area contributed by atoms with E-state index in [0.29, 0.717) is 23.4 Å². The molecule has 0 aliphatic heterocycles. The lowest BCUT2D eigenvalue weighted by molar-refractivity contribution is 0.479. The molecule has 0 unspecified atom stereocenters. The molecule has 0 atom stereocenters. The minimum absolute atomic E-state index is 0.294. The van der Waals surface area contributed by atoms with Gasteiger partial charge in [-0.15, -0.1) is 0 Å². The highest BCUT2D eigenvalue weighted by atomic mass is 19.1. The molecule has 5 rings (SSSR count). The molecule has 4 aromatic rings. The first kappa shape index (κ1) is 17.6. The summed E-state index contributed by atoms with van der Waals surface area (Å²) in [6.07, 6.45) is 6.11. The predicted octanol–water partition coefficient (Wildman–Crippen LogP) is 5.12. The van der Waals surface area contributed by atoms with E-state index in [-0.39, 0.29) is 5.82 Å². The molecule has 2 heterocycles. The number of hydrogen-bond donors (Lipinski definition) is 1. The van der Waals surface area contributed by atoms with Gasteiger partial charge in [-0.3, -0.25) is 0 Å². The number of nitrogens with two attached hydrogens (primary N) is 1. The van der Waals surface area contributed by atoms with Gasteiger partial charge in [0.05, 0.1) is 11.4 Å². The van der Waals surface area contributed by atoms with E-state index in [1.54, 1.807) is 12.1 Å². The largest absolute Gasteiger partial charge is 0.457 e. The first-order valence-electron chi connectivity index (χ1n) is 9.71. The van der Waals surface area contributed by atoms with Gasteiger partial charge in [-0.05, 0) is 61.4 Å². The Morgan fingerprint density at radius 1 is 0.931 bits per heavy atom. The number of fused-ring (bicyclic) bond motifs is 1. The summed E-state index contributed by atoms with van der Waals surface area (Å²) >= 11 is 0. The van der Waals surface area contributed by atoms with Crippen LogP contribution in [-0.2, 0) is 0 Å².